The molecule has 0 aliphatic rings. The van der Waals surface area contributed by atoms with Crippen molar-refractivity contribution in [3.05, 3.63) is 12.2 Å². The van der Waals surface area contributed by atoms with Crippen LogP contribution >= 0.6 is 0 Å². The van der Waals surface area contributed by atoms with E-state index in [9.17, 15) is 4.79 Å². The zero-order valence-corrected chi connectivity index (χ0v) is 13.9. The van der Waals surface area contributed by atoms with Crippen LogP contribution in [0, 0.1) is 0 Å². The molecule has 0 saturated heterocycles. The first-order valence-corrected chi connectivity index (χ1v) is 8.82. The first-order chi connectivity index (χ1) is 11.5. The summed E-state index contributed by atoms with van der Waals surface area (Å²) in [5.74, 6) is -0.618. The molecule has 124 valence electrons. The number of allylic oxidation sites excluding steroid dienone is 2. The van der Waals surface area contributed by atoms with Crippen molar-refractivity contribution in [2.45, 2.75) is 96.8 Å². The predicted octanol–water partition coefficient (Wildman–Crippen LogP) is 6.20. The maximum absolute atomic E-state index is 11.2. The quantitative estimate of drug-likeness (QED) is 0.204. The van der Waals surface area contributed by atoms with Crippen molar-refractivity contribution in [3.63, 3.8) is 0 Å². The lowest BCUT2D eigenvalue weighted by atomic mass is 10.1. The predicted molar refractivity (Wildman–Crippen MR) is 91.5 cm³/mol. The van der Waals surface area contributed by atoms with Crippen molar-refractivity contribution in [1.29, 1.82) is 0 Å². The highest BCUT2D eigenvalue weighted by Crippen LogP contribution is 2.10. The molecule has 2 heteroatoms. The van der Waals surface area contributed by atoms with Gasteiger partial charge in [0.15, 0.2) is 0 Å². The van der Waals surface area contributed by atoms with Crippen molar-refractivity contribution in [2.75, 3.05) is 7.04 Å². The van der Waals surface area contributed by atoms with Crippen LogP contribution in [0.2, 0.25) is 0 Å². The molecule has 0 bridgehead atoms. The van der Waals surface area contributed by atoms with Gasteiger partial charge in [-0.25, -0.2) is 0 Å². The van der Waals surface area contributed by atoms with Gasteiger partial charge in [-0.1, -0.05) is 70.4 Å². The van der Waals surface area contributed by atoms with E-state index >= 15 is 0 Å². The molecule has 0 N–H and O–H groups in total. The second-order valence-electron chi connectivity index (χ2n) is 5.81. The largest absolute Gasteiger partial charge is 0.469 e. The maximum Gasteiger partial charge on any atom is 0.305 e. The standard InChI is InChI=1S/C19H36O2/c1-3-4-5-6-7-8-9-10-11-12-13-14-15-16-17-18-19(20)21-2/h10-11H,3-9,12-18H2,1-2H3/b11-10+/i2D3. The van der Waals surface area contributed by atoms with E-state index in [1.807, 2.05) is 0 Å². The minimum atomic E-state index is -2.60. The van der Waals surface area contributed by atoms with Gasteiger partial charge in [0.1, 0.15) is 0 Å². The summed E-state index contributed by atoms with van der Waals surface area (Å²) in [7, 11) is -2.60. The molecule has 0 aliphatic heterocycles. The third kappa shape index (κ3) is 17.2. The maximum atomic E-state index is 11.2. The normalized spacial score (nSPS) is 13.9. The molecule has 2 nitrogen and oxygen atoms in total. The highest BCUT2D eigenvalue weighted by atomic mass is 16.5. The Kier molecular flexibility index (Phi) is 12.4. The summed E-state index contributed by atoms with van der Waals surface area (Å²) < 4.78 is 24.8. The first kappa shape index (κ1) is 15.1. The summed E-state index contributed by atoms with van der Waals surface area (Å²) in [6, 6.07) is 0. The molecule has 0 rings (SSSR count). The molecule has 0 saturated carbocycles. The van der Waals surface area contributed by atoms with Crippen LogP contribution in [0.25, 0.3) is 0 Å². The van der Waals surface area contributed by atoms with Crippen molar-refractivity contribution < 1.29 is 13.6 Å². The van der Waals surface area contributed by atoms with E-state index in [2.05, 4.69) is 23.8 Å². The monoisotopic (exact) mass is 299 g/mol. The zero-order valence-electron chi connectivity index (χ0n) is 16.9. The molecule has 0 spiro atoms. The summed E-state index contributed by atoms with van der Waals surface area (Å²) >= 11 is 0. The molecule has 0 fully saturated rings. The van der Waals surface area contributed by atoms with Crippen LogP contribution < -0.4 is 0 Å². The average molecular weight is 300 g/mol. The van der Waals surface area contributed by atoms with Crippen LogP contribution in [0.4, 0.5) is 0 Å². The Balaban J connectivity index is 3.25. The smallest absolute Gasteiger partial charge is 0.305 e. The summed E-state index contributed by atoms with van der Waals surface area (Å²) in [4.78, 5) is 11.2. The number of carbonyl (C=O) groups is 1. The number of methoxy groups -OCH3 is 1. The van der Waals surface area contributed by atoms with Crippen molar-refractivity contribution in [3.8, 4) is 0 Å². The van der Waals surface area contributed by atoms with Crippen LogP contribution in [0.15, 0.2) is 12.2 Å². The van der Waals surface area contributed by atoms with Gasteiger partial charge >= 0.3 is 5.97 Å². The Morgan fingerprint density at radius 1 is 0.857 bits per heavy atom. The third-order valence-corrected chi connectivity index (χ3v) is 3.76. The van der Waals surface area contributed by atoms with Crippen molar-refractivity contribution in [2.24, 2.45) is 0 Å². The first-order valence-electron chi connectivity index (χ1n) is 10.3. The Morgan fingerprint density at radius 2 is 1.38 bits per heavy atom. The Bertz CT molecular complexity index is 325. The summed E-state index contributed by atoms with van der Waals surface area (Å²) in [5, 5.41) is 0. The van der Waals surface area contributed by atoms with Crippen LogP contribution in [0.5, 0.6) is 0 Å². The molecule has 0 aromatic heterocycles. The molecule has 0 heterocycles. The molecule has 21 heavy (non-hydrogen) atoms. The molecule has 0 aromatic carbocycles. The van der Waals surface area contributed by atoms with Crippen molar-refractivity contribution >= 4 is 5.97 Å². The average Bonchev–Trinajstić information content (AvgIpc) is 2.49. The summed E-state index contributed by atoms with van der Waals surface area (Å²) in [6.45, 7) is 2.25. The summed E-state index contributed by atoms with van der Waals surface area (Å²) in [6.07, 6.45) is 20.4. The SMILES string of the molecule is [2H]C([2H])([2H])OC(=O)CCCCCCC/C=C/CCCCCCCC. The van der Waals surface area contributed by atoms with Gasteiger partial charge in [0.05, 0.1) is 11.2 Å². The number of hydrogen-bond donors (Lipinski definition) is 0. The topological polar surface area (TPSA) is 26.3 Å². The Morgan fingerprint density at radius 3 is 1.95 bits per heavy atom. The lowest BCUT2D eigenvalue weighted by Crippen LogP contribution is -1.98. The van der Waals surface area contributed by atoms with E-state index < -0.39 is 13.0 Å². The van der Waals surface area contributed by atoms with Crippen LogP contribution in [-0.4, -0.2) is 13.0 Å². The van der Waals surface area contributed by atoms with E-state index in [-0.39, 0.29) is 6.42 Å². The van der Waals surface area contributed by atoms with E-state index in [4.69, 9.17) is 4.11 Å². The van der Waals surface area contributed by atoms with Gasteiger partial charge in [0.2, 0.25) is 0 Å². The lowest BCUT2D eigenvalue weighted by Gasteiger charge is -2.00. The van der Waals surface area contributed by atoms with Gasteiger partial charge < -0.3 is 4.74 Å². The van der Waals surface area contributed by atoms with E-state index in [1.165, 1.54) is 51.4 Å². The number of ether oxygens (including phenoxy) is 1. The van der Waals surface area contributed by atoms with Gasteiger partial charge in [-0.2, -0.15) is 0 Å². The minimum absolute atomic E-state index is 0.205. The number of hydrogen-bond acceptors (Lipinski definition) is 2. The van der Waals surface area contributed by atoms with E-state index in [0.717, 1.165) is 25.7 Å². The number of esters is 1. The third-order valence-electron chi connectivity index (χ3n) is 3.76. The van der Waals surface area contributed by atoms with Crippen LogP contribution in [-0.2, 0) is 9.53 Å². The lowest BCUT2D eigenvalue weighted by molar-refractivity contribution is -0.140. The van der Waals surface area contributed by atoms with Gasteiger partial charge in [0, 0.05) is 6.42 Å². The van der Waals surface area contributed by atoms with Gasteiger partial charge in [-0.3, -0.25) is 4.79 Å². The zero-order chi connectivity index (χ0) is 18.1. The molecule has 0 radical (unpaired) electrons. The summed E-state index contributed by atoms with van der Waals surface area (Å²) in [5.41, 5.74) is 0. The molecule has 0 unspecified atom stereocenters. The Hall–Kier alpha value is -0.790. The van der Waals surface area contributed by atoms with Crippen molar-refractivity contribution in [1.82, 2.24) is 0 Å². The highest BCUT2D eigenvalue weighted by Gasteiger charge is 1.98. The van der Waals surface area contributed by atoms with Crippen LogP contribution in [0.3, 0.4) is 0 Å². The second-order valence-corrected chi connectivity index (χ2v) is 5.81. The molecule has 0 atom stereocenters. The number of carbonyl (C=O) groups excluding carboxylic acids is 1. The second kappa shape index (κ2) is 17.3. The fraction of sp³-hybridized carbons (Fsp3) is 0.842. The molecule has 0 aliphatic carbocycles. The fourth-order valence-corrected chi connectivity index (χ4v) is 2.39. The fourth-order valence-electron chi connectivity index (χ4n) is 2.39. The van der Waals surface area contributed by atoms with Gasteiger partial charge in [-0.05, 0) is 32.1 Å². The van der Waals surface area contributed by atoms with E-state index in [0.29, 0.717) is 6.42 Å². The van der Waals surface area contributed by atoms with Crippen LogP contribution in [0.1, 0.15) is 101 Å². The minimum Gasteiger partial charge on any atom is -0.469 e. The van der Waals surface area contributed by atoms with E-state index in [1.54, 1.807) is 0 Å². The van der Waals surface area contributed by atoms with Gasteiger partial charge in [0.25, 0.3) is 0 Å². The van der Waals surface area contributed by atoms with Gasteiger partial charge in [-0.15, -0.1) is 0 Å². The molecular weight excluding hydrogens is 260 g/mol. The number of rotatable bonds is 15. The Labute approximate surface area is 136 Å². The molecule has 0 amide bonds. The number of unbranched alkanes of at least 4 members (excludes halogenated alkanes) is 11. The molecular formula is C19H36O2. The highest BCUT2D eigenvalue weighted by molar-refractivity contribution is 5.68. The molecule has 0 aromatic rings.